The molecule has 1 aliphatic rings. The minimum absolute atomic E-state index is 0.0569. The summed E-state index contributed by atoms with van der Waals surface area (Å²) in [7, 11) is 0. The van der Waals surface area contributed by atoms with Crippen LogP contribution in [0.4, 0.5) is 0 Å². The van der Waals surface area contributed by atoms with Crippen molar-refractivity contribution in [1.82, 2.24) is 4.90 Å². The van der Waals surface area contributed by atoms with Gasteiger partial charge in [0.25, 0.3) is 0 Å². The SMILES string of the molecule is C[C@@H]1Cc2ccccc2CN1C(=O)C(=O)O. The van der Waals surface area contributed by atoms with E-state index in [2.05, 4.69) is 0 Å². The van der Waals surface area contributed by atoms with Gasteiger partial charge in [0.2, 0.25) is 0 Å². The maximum Gasteiger partial charge on any atom is 0.394 e. The Morgan fingerprint density at radius 1 is 1.31 bits per heavy atom. The number of nitrogens with zero attached hydrogens (tertiary/aromatic N) is 1. The third kappa shape index (κ3) is 1.78. The first-order valence-corrected chi connectivity index (χ1v) is 5.20. The number of hydrogen-bond donors (Lipinski definition) is 1. The van der Waals surface area contributed by atoms with Crippen LogP contribution in [-0.4, -0.2) is 27.9 Å². The van der Waals surface area contributed by atoms with E-state index in [4.69, 9.17) is 5.11 Å². The number of fused-ring (bicyclic) bond motifs is 1. The average molecular weight is 219 g/mol. The van der Waals surface area contributed by atoms with Crippen molar-refractivity contribution in [3.63, 3.8) is 0 Å². The van der Waals surface area contributed by atoms with Crippen LogP contribution in [0.3, 0.4) is 0 Å². The van der Waals surface area contributed by atoms with Crippen molar-refractivity contribution in [2.24, 2.45) is 0 Å². The van der Waals surface area contributed by atoms with Crippen LogP contribution in [0.15, 0.2) is 24.3 Å². The van der Waals surface area contributed by atoms with E-state index in [-0.39, 0.29) is 6.04 Å². The van der Waals surface area contributed by atoms with Crippen LogP contribution >= 0.6 is 0 Å². The molecule has 0 saturated carbocycles. The molecule has 0 aromatic heterocycles. The molecule has 4 heteroatoms. The van der Waals surface area contributed by atoms with Crippen LogP contribution < -0.4 is 0 Å². The number of hydrogen-bond acceptors (Lipinski definition) is 2. The smallest absolute Gasteiger partial charge is 0.394 e. The van der Waals surface area contributed by atoms with Gasteiger partial charge in [0.15, 0.2) is 0 Å². The summed E-state index contributed by atoms with van der Waals surface area (Å²) in [5.74, 6) is -2.20. The molecule has 1 amide bonds. The van der Waals surface area contributed by atoms with Crippen molar-refractivity contribution in [2.75, 3.05) is 0 Å². The van der Waals surface area contributed by atoms with E-state index in [1.54, 1.807) is 0 Å². The first-order valence-electron chi connectivity index (χ1n) is 5.20. The number of carbonyl (C=O) groups is 2. The van der Waals surface area contributed by atoms with Gasteiger partial charge in [-0.15, -0.1) is 0 Å². The van der Waals surface area contributed by atoms with Crippen LogP contribution in [0.25, 0.3) is 0 Å². The zero-order valence-electron chi connectivity index (χ0n) is 9.01. The summed E-state index contributed by atoms with van der Waals surface area (Å²) in [4.78, 5) is 23.5. The Morgan fingerprint density at radius 3 is 2.56 bits per heavy atom. The molecule has 1 aromatic rings. The standard InChI is InChI=1S/C12H13NO3/c1-8-6-9-4-2-3-5-10(9)7-13(8)11(14)12(15)16/h2-5,8H,6-7H2,1H3,(H,15,16)/t8-/m1/s1. The van der Waals surface area contributed by atoms with Crippen molar-refractivity contribution in [3.05, 3.63) is 35.4 Å². The van der Waals surface area contributed by atoms with E-state index < -0.39 is 11.9 Å². The van der Waals surface area contributed by atoms with Crippen LogP contribution in [0.1, 0.15) is 18.1 Å². The van der Waals surface area contributed by atoms with E-state index in [1.807, 2.05) is 31.2 Å². The lowest BCUT2D eigenvalue weighted by atomic mass is 9.95. The van der Waals surface area contributed by atoms with Gasteiger partial charge in [0.1, 0.15) is 0 Å². The predicted octanol–water partition coefficient (Wildman–Crippen LogP) is 1.04. The topological polar surface area (TPSA) is 57.6 Å². The molecule has 0 radical (unpaired) electrons. The van der Waals surface area contributed by atoms with Gasteiger partial charge in [-0.1, -0.05) is 24.3 Å². The summed E-state index contributed by atoms with van der Waals surface area (Å²) in [6.07, 6.45) is 0.717. The van der Waals surface area contributed by atoms with Gasteiger partial charge < -0.3 is 10.0 Å². The fourth-order valence-electron chi connectivity index (χ4n) is 2.07. The average Bonchev–Trinajstić information content (AvgIpc) is 2.27. The van der Waals surface area contributed by atoms with Gasteiger partial charge in [-0.25, -0.2) is 4.79 Å². The first kappa shape index (κ1) is 10.7. The quantitative estimate of drug-likeness (QED) is 0.663. The third-order valence-corrected chi connectivity index (χ3v) is 2.95. The predicted molar refractivity (Wildman–Crippen MR) is 57.8 cm³/mol. The lowest BCUT2D eigenvalue weighted by Gasteiger charge is -2.33. The largest absolute Gasteiger partial charge is 0.474 e. The first-order chi connectivity index (χ1) is 7.59. The van der Waals surface area contributed by atoms with E-state index in [9.17, 15) is 9.59 Å². The van der Waals surface area contributed by atoms with E-state index in [1.165, 1.54) is 10.5 Å². The van der Waals surface area contributed by atoms with Crippen molar-refractivity contribution in [1.29, 1.82) is 0 Å². The molecule has 0 spiro atoms. The Hall–Kier alpha value is -1.84. The molecule has 0 bridgehead atoms. The van der Waals surface area contributed by atoms with Gasteiger partial charge in [0.05, 0.1) is 0 Å². The zero-order chi connectivity index (χ0) is 11.7. The Morgan fingerprint density at radius 2 is 1.94 bits per heavy atom. The van der Waals surface area contributed by atoms with Gasteiger partial charge >= 0.3 is 11.9 Å². The van der Waals surface area contributed by atoms with Crippen LogP contribution in [-0.2, 0) is 22.6 Å². The van der Waals surface area contributed by atoms with Crippen LogP contribution in [0, 0.1) is 0 Å². The summed E-state index contributed by atoms with van der Waals surface area (Å²) in [6.45, 7) is 2.26. The number of carboxylic acid groups (broad SMARTS) is 1. The molecule has 1 aromatic carbocycles. The third-order valence-electron chi connectivity index (χ3n) is 2.95. The number of carbonyl (C=O) groups excluding carboxylic acids is 1. The van der Waals surface area contributed by atoms with Crippen molar-refractivity contribution >= 4 is 11.9 Å². The summed E-state index contributed by atoms with van der Waals surface area (Å²) in [5, 5.41) is 8.71. The highest BCUT2D eigenvalue weighted by Gasteiger charge is 2.29. The lowest BCUT2D eigenvalue weighted by molar-refractivity contribution is -0.157. The Balaban J connectivity index is 2.28. The molecule has 0 aliphatic carbocycles. The maximum atomic E-state index is 11.4. The van der Waals surface area contributed by atoms with Crippen LogP contribution in [0.2, 0.25) is 0 Å². The van der Waals surface area contributed by atoms with Crippen molar-refractivity contribution in [3.8, 4) is 0 Å². The molecule has 1 N–H and O–H groups in total. The highest BCUT2D eigenvalue weighted by molar-refractivity contribution is 6.31. The molecule has 84 valence electrons. The lowest BCUT2D eigenvalue weighted by Crippen LogP contribution is -2.45. The second kappa shape index (κ2) is 3.96. The zero-order valence-corrected chi connectivity index (χ0v) is 9.01. The molecule has 1 atom stereocenters. The Bertz CT molecular complexity index is 442. The van der Waals surface area contributed by atoms with Crippen molar-refractivity contribution in [2.45, 2.75) is 25.9 Å². The minimum Gasteiger partial charge on any atom is -0.474 e. The molecule has 0 unspecified atom stereocenters. The van der Waals surface area contributed by atoms with Gasteiger partial charge in [0, 0.05) is 12.6 Å². The van der Waals surface area contributed by atoms with E-state index >= 15 is 0 Å². The summed E-state index contributed by atoms with van der Waals surface area (Å²) < 4.78 is 0. The van der Waals surface area contributed by atoms with Gasteiger partial charge in [-0.3, -0.25) is 4.79 Å². The fourth-order valence-corrected chi connectivity index (χ4v) is 2.07. The van der Waals surface area contributed by atoms with E-state index in [0.29, 0.717) is 6.54 Å². The second-order valence-electron chi connectivity index (χ2n) is 4.06. The number of amides is 1. The Labute approximate surface area is 93.5 Å². The molecule has 0 saturated heterocycles. The summed E-state index contributed by atoms with van der Waals surface area (Å²) in [5.41, 5.74) is 2.24. The molecular weight excluding hydrogens is 206 g/mol. The second-order valence-corrected chi connectivity index (χ2v) is 4.06. The maximum absolute atomic E-state index is 11.4. The fraction of sp³-hybridized carbons (Fsp3) is 0.333. The number of rotatable bonds is 0. The van der Waals surface area contributed by atoms with Gasteiger partial charge in [-0.05, 0) is 24.5 Å². The molecular formula is C12H13NO3. The molecule has 2 rings (SSSR count). The highest BCUT2D eigenvalue weighted by Crippen LogP contribution is 2.22. The molecule has 4 nitrogen and oxygen atoms in total. The monoisotopic (exact) mass is 219 g/mol. The molecule has 1 aliphatic heterocycles. The molecule has 16 heavy (non-hydrogen) atoms. The number of aliphatic carboxylic acids is 1. The van der Waals surface area contributed by atoms with Gasteiger partial charge in [-0.2, -0.15) is 0 Å². The Kier molecular flexibility index (Phi) is 2.64. The van der Waals surface area contributed by atoms with Crippen molar-refractivity contribution < 1.29 is 14.7 Å². The number of carboxylic acids is 1. The number of benzene rings is 1. The molecule has 0 fully saturated rings. The highest BCUT2D eigenvalue weighted by atomic mass is 16.4. The van der Waals surface area contributed by atoms with E-state index in [0.717, 1.165) is 12.0 Å². The minimum atomic E-state index is -1.38. The van der Waals surface area contributed by atoms with Crippen LogP contribution in [0.5, 0.6) is 0 Å². The summed E-state index contributed by atoms with van der Waals surface area (Å²) >= 11 is 0. The molecule has 1 heterocycles. The summed E-state index contributed by atoms with van der Waals surface area (Å²) in [6, 6.07) is 7.76. The normalized spacial score (nSPS) is 19.1.